The minimum atomic E-state index is 0.0658. The Kier molecular flexibility index (Phi) is 3.92. The van der Waals surface area contributed by atoms with Crippen molar-refractivity contribution in [2.24, 2.45) is 12.5 Å². The van der Waals surface area contributed by atoms with Gasteiger partial charge in [0.1, 0.15) is 0 Å². The first-order chi connectivity index (χ1) is 8.81. The van der Waals surface area contributed by atoms with Gasteiger partial charge in [0.2, 0.25) is 0 Å². The van der Waals surface area contributed by atoms with Crippen LogP contribution in [-0.2, 0) is 18.2 Å². The number of aryl methyl sites for hydroxylation is 1. The highest BCUT2D eigenvalue weighted by molar-refractivity contribution is 4.99. The smallest absolute Gasteiger partial charge is 0.175 e. The zero-order valence-corrected chi connectivity index (χ0v) is 12.6. The Morgan fingerprint density at radius 3 is 2.68 bits per heavy atom. The zero-order valence-electron chi connectivity index (χ0n) is 12.6. The molecule has 19 heavy (non-hydrogen) atoms. The van der Waals surface area contributed by atoms with Gasteiger partial charge in [-0.25, -0.2) is 0 Å². The zero-order chi connectivity index (χ0) is 14.1. The van der Waals surface area contributed by atoms with E-state index in [9.17, 15) is 0 Å². The third-order valence-corrected chi connectivity index (χ3v) is 3.86. The molecule has 1 aliphatic heterocycles. The van der Waals surface area contributed by atoms with E-state index in [1.165, 1.54) is 4.80 Å². The number of rotatable bonds is 4. The Labute approximate surface area is 114 Å². The van der Waals surface area contributed by atoms with Crippen molar-refractivity contribution in [3.63, 3.8) is 0 Å². The SMILES string of the molecule is CC1OCCC1(CNC(C)(C)C)Cc1nnn(C)n1. The predicted molar refractivity (Wildman–Crippen MR) is 72.7 cm³/mol. The molecule has 0 amide bonds. The second-order valence-corrected chi connectivity index (χ2v) is 6.60. The fourth-order valence-corrected chi connectivity index (χ4v) is 2.50. The van der Waals surface area contributed by atoms with Crippen molar-refractivity contribution in [2.75, 3.05) is 13.2 Å². The highest BCUT2D eigenvalue weighted by Gasteiger charge is 2.43. The van der Waals surface area contributed by atoms with Crippen molar-refractivity contribution in [2.45, 2.75) is 52.2 Å². The molecular weight excluding hydrogens is 242 g/mol. The van der Waals surface area contributed by atoms with E-state index < -0.39 is 0 Å². The van der Waals surface area contributed by atoms with Gasteiger partial charge in [-0.2, -0.15) is 4.80 Å². The third-order valence-electron chi connectivity index (χ3n) is 3.86. The molecule has 0 radical (unpaired) electrons. The summed E-state index contributed by atoms with van der Waals surface area (Å²) in [5.74, 6) is 0.801. The summed E-state index contributed by atoms with van der Waals surface area (Å²) in [4.78, 5) is 1.51. The Bertz CT molecular complexity index is 425. The number of aromatic nitrogens is 4. The Morgan fingerprint density at radius 1 is 1.47 bits per heavy atom. The molecule has 6 heteroatoms. The monoisotopic (exact) mass is 267 g/mol. The average molecular weight is 267 g/mol. The fourth-order valence-electron chi connectivity index (χ4n) is 2.50. The van der Waals surface area contributed by atoms with Crippen molar-refractivity contribution in [1.82, 2.24) is 25.5 Å². The molecule has 0 aromatic carbocycles. The molecule has 2 atom stereocenters. The molecule has 1 aromatic rings. The molecule has 6 nitrogen and oxygen atoms in total. The molecule has 1 fully saturated rings. The molecule has 1 aliphatic rings. The third kappa shape index (κ3) is 3.51. The predicted octanol–water partition coefficient (Wildman–Crippen LogP) is 0.936. The van der Waals surface area contributed by atoms with Gasteiger partial charge in [0.05, 0.1) is 13.2 Å². The Morgan fingerprint density at radius 2 is 2.21 bits per heavy atom. The van der Waals surface area contributed by atoms with Crippen LogP contribution in [0.15, 0.2) is 0 Å². The summed E-state index contributed by atoms with van der Waals surface area (Å²) < 4.78 is 5.79. The Balaban J connectivity index is 2.11. The van der Waals surface area contributed by atoms with Crippen LogP contribution >= 0.6 is 0 Å². The van der Waals surface area contributed by atoms with Crippen LogP contribution in [0.25, 0.3) is 0 Å². The number of nitrogens with zero attached hydrogens (tertiary/aromatic N) is 4. The van der Waals surface area contributed by atoms with Crippen LogP contribution < -0.4 is 5.32 Å². The molecule has 0 bridgehead atoms. The highest BCUT2D eigenvalue weighted by atomic mass is 16.5. The van der Waals surface area contributed by atoms with E-state index in [2.05, 4.69) is 48.4 Å². The lowest BCUT2D eigenvalue weighted by Gasteiger charge is -2.35. The van der Waals surface area contributed by atoms with Crippen molar-refractivity contribution in [3.8, 4) is 0 Å². The molecule has 1 aromatic heterocycles. The van der Waals surface area contributed by atoms with Crippen LogP contribution in [-0.4, -0.2) is 45.0 Å². The van der Waals surface area contributed by atoms with Gasteiger partial charge in [-0.3, -0.25) is 0 Å². The van der Waals surface area contributed by atoms with Crippen LogP contribution in [0.1, 0.15) is 39.9 Å². The van der Waals surface area contributed by atoms with Gasteiger partial charge in [-0.15, -0.1) is 10.2 Å². The first-order valence-corrected chi connectivity index (χ1v) is 6.90. The fraction of sp³-hybridized carbons (Fsp3) is 0.923. The van der Waals surface area contributed by atoms with Gasteiger partial charge >= 0.3 is 0 Å². The summed E-state index contributed by atoms with van der Waals surface area (Å²) in [7, 11) is 1.80. The van der Waals surface area contributed by atoms with E-state index in [0.717, 1.165) is 31.8 Å². The highest BCUT2D eigenvalue weighted by Crippen LogP contribution is 2.37. The van der Waals surface area contributed by atoms with Gasteiger partial charge < -0.3 is 10.1 Å². The largest absolute Gasteiger partial charge is 0.378 e. The standard InChI is InChI=1S/C13H25N5O/c1-10-13(6-7-19-10,9-14-12(2,3)4)8-11-15-17-18(5)16-11/h10,14H,6-9H2,1-5H3. The Hall–Kier alpha value is -1.01. The lowest BCUT2D eigenvalue weighted by molar-refractivity contribution is 0.0587. The van der Waals surface area contributed by atoms with Crippen molar-refractivity contribution in [1.29, 1.82) is 0 Å². The maximum atomic E-state index is 5.79. The van der Waals surface area contributed by atoms with Crippen LogP contribution in [0.4, 0.5) is 0 Å². The maximum absolute atomic E-state index is 5.79. The van der Waals surface area contributed by atoms with Crippen LogP contribution in [0.2, 0.25) is 0 Å². The van der Waals surface area contributed by atoms with Crippen molar-refractivity contribution >= 4 is 0 Å². The van der Waals surface area contributed by atoms with E-state index in [1.807, 2.05) is 0 Å². The average Bonchev–Trinajstić information content (AvgIpc) is 2.84. The van der Waals surface area contributed by atoms with Crippen LogP contribution in [0.5, 0.6) is 0 Å². The van der Waals surface area contributed by atoms with Gasteiger partial charge in [-0.1, -0.05) is 0 Å². The van der Waals surface area contributed by atoms with E-state index in [1.54, 1.807) is 7.05 Å². The summed E-state index contributed by atoms with van der Waals surface area (Å²) in [5.41, 5.74) is 0.168. The molecule has 0 saturated carbocycles. The van der Waals surface area contributed by atoms with Gasteiger partial charge in [0.25, 0.3) is 0 Å². The van der Waals surface area contributed by atoms with Crippen LogP contribution in [0, 0.1) is 5.41 Å². The van der Waals surface area contributed by atoms with Crippen LogP contribution in [0.3, 0.4) is 0 Å². The van der Waals surface area contributed by atoms with Crippen molar-refractivity contribution < 1.29 is 4.74 Å². The molecule has 1 saturated heterocycles. The van der Waals surface area contributed by atoms with Gasteiger partial charge in [0, 0.05) is 30.5 Å². The molecule has 2 unspecified atom stereocenters. The summed E-state index contributed by atoms with van der Waals surface area (Å²) in [6, 6.07) is 0. The maximum Gasteiger partial charge on any atom is 0.175 e. The van der Waals surface area contributed by atoms with E-state index in [-0.39, 0.29) is 17.1 Å². The minimum Gasteiger partial charge on any atom is -0.378 e. The van der Waals surface area contributed by atoms with Gasteiger partial charge in [-0.05, 0) is 39.3 Å². The molecular formula is C13H25N5O. The topological polar surface area (TPSA) is 64.9 Å². The number of hydrogen-bond acceptors (Lipinski definition) is 5. The number of hydrogen-bond donors (Lipinski definition) is 1. The quantitative estimate of drug-likeness (QED) is 0.879. The molecule has 0 spiro atoms. The summed E-state index contributed by atoms with van der Waals surface area (Å²) in [6.07, 6.45) is 2.06. The molecule has 0 aliphatic carbocycles. The summed E-state index contributed by atoms with van der Waals surface area (Å²) in [6.45, 7) is 10.4. The number of nitrogens with one attached hydrogen (secondary N) is 1. The molecule has 108 valence electrons. The van der Waals surface area contributed by atoms with E-state index in [0.29, 0.717) is 0 Å². The molecule has 2 rings (SSSR count). The van der Waals surface area contributed by atoms with Gasteiger partial charge in [0.15, 0.2) is 5.82 Å². The first kappa shape index (κ1) is 14.4. The molecule has 1 N–H and O–H groups in total. The number of ether oxygens (including phenoxy) is 1. The lowest BCUT2D eigenvalue weighted by Crippen LogP contribution is -2.47. The molecule has 2 heterocycles. The minimum absolute atomic E-state index is 0.0658. The summed E-state index contributed by atoms with van der Waals surface area (Å²) >= 11 is 0. The second kappa shape index (κ2) is 5.17. The first-order valence-electron chi connectivity index (χ1n) is 6.90. The lowest BCUT2D eigenvalue weighted by atomic mass is 9.77. The second-order valence-electron chi connectivity index (χ2n) is 6.60. The van der Waals surface area contributed by atoms with E-state index >= 15 is 0 Å². The number of tetrazole rings is 1. The van der Waals surface area contributed by atoms with E-state index in [4.69, 9.17) is 4.74 Å². The normalized spacial score (nSPS) is 27.9. The summed E-state index contributed by atoms with van der Waals surface area (Å²) in [5, 5.41) is 15.9. The van der Waals surface area contributed by atoms with Crippen molar-refractivity contribution in [3.05, 3.63) is 5.82 Å².